The van der Waals surface area contributed by atoms with Gasteiger partial charge in [-0.1, -0.05) is 42.5 Å². The first-order valence-corrected chi connectivity index (χ1v) is 10.6. The van der Waals surface area contributed by atoms with Gasteiger partial charge in [0.1, 0.15) is 30.5 Å². The van der Waals surface area contributed by atoms with Crippen LogP contribution in [0.3, 0.4) is 0 Å². The van der Waals surface area contributed by atoms with Crippen LogP contribution < -0.4 is 20.6 Å². The standard InChI is InChI=1S/C24H22N4O2S/c25-23-17-31-24(27-23)28-26-14-18-6-10-21(11-7-18)30-16-20-8-12-22(13-9-20)29-15-19-4-2-1-3-5-19/h1-14,17H,15-16,25H2,(H,27,28). The highest BCUT2D eigenvalue weighted by Gasteiger charge is 2.00. The minimum Gasteiger partial charge on any atom is -0.489 e. The van der Waals surface area contributed by atoms with Gasteiger partial charge in [-0.2, -0.15) is 5.10 Å². The molecule has 7 heteroatoms. The molecule has 0 atom stereocenters. The number of thiazole rings is 1. The van der Waals surface area contributed by atoms with E-state index in [2.05, 4.69) is 15.5 Å². The Balaban J connectivity index is 1.23. The molecule has 0 amide bonds. The van der Waals surface area contributed by atoms with Crippen LogP contribution in [0.1, 0.15) is 16.7 Å². The van der Waals surface area contributed by atoms with Gasteiger partial charge in [0.05, 0.1) is 6.21 Å². The summed E-state index contributed by atoms with van der Waals surface area (Å²) in [6.45, 7) is 1.04. The molecule has 0 radical (unpaired) electrons. The van der Waals surface area contributed by atoms with Crippen LogP contribution in [0.2, 0.25) is 0 Å². The van der Waals surface area contributed by atoms with E-state index in [0.29, 0.717) is 24.2 Å². The van der Waals surface area contributed by atoms with Gasteiger partial charge in [0.2, 0.25) is 5.13 Å². The molecule has 0 aliphatic rings. The Hall–Kier alpha value is -3.84. The third-order valence-corrected chi connectivity index (χ3v) is 5.12. The highest BCUT2D eigenvalue weighted by Crippen LogP contribution is 2.18. The van der Waals surface area contributed by atoms with Crippen LogP contribution in [-0.2, 0) is 13.2 Å². The van der Waals surface area contributed by atoms with Crippen LogP contribution in [0.15, 0.2) is 89.3 Å². The van der Waals surface area contributed by atoms with Gasteiger partial charge >= 0.3 is 0 Å². The lowest BCUT2D eigenvalue weighted by molar-refractivity contribution is 0.301. The molecule has 0 spiro atoms. The van der Waals surface area contributed by atoms with E-state index >= 15 is 0 Å². The van der Waals surface area contributed by atoms with Gasteiger partial charge in [-0.05, 0) is 53.1 Å². The molecular weight excluding hydrogens is 408 g/mol. The molecule has 0 bridgehead atoms. The molecule has 0 fully saturated rings. The first-order valence-electron chi connectivity index (χ1n) is 9.73. The number of aromatic nitrogens is 1. The normalized spacial score (nSPS) is 10.8. The van der Waals surface area contributed by atoms with Crippen molar-refractivity contribution in [3.8, 4) is 11.5 Å². The molecule has 3 N–H and O–H groups in total. The summed E-state index contributed by atoms with van der Waals surface area (Å²) in [5, 5.41) is 6.57. The number of nitrogens with two attached hydrogens (primary N) is 1. The number of hydrogen-bond acceptors (Lipinski definition) is 7. The monoisotopic (exact) mass is 430 g/mol. The Kier molecular flexibility index (Phi) is 6.77. The zero-order chi connectivity index (χ0) is 21.3. The highest BCUT2D eigenvalue weighted by molar-refractivity contribution is 7.14. The van der Waals surface area contributed by atoms with E-state index in [0.717, 1.165) is 28.2 Å². The second kappa shape index (κ2) is 10.3. The highest BCUT2D eigenvalue weighted by atomic mass is 32.1. The molecule has 0 aliphatic heterocycles. The number of nitrogens with zero attached hydrogens (tertiary/aromatic N) is 2. The van der Waals surface area contributed by atoms with Crippen molar-refractivity contribution >= 4 is 28.5 Å². The number of rotatable bonds is 9. The largest absolute Gasteiger partial charge is 0.489 e. The third kappa shape index (κ3) is 6.32. The maximum absolute atomic E-state index is 5.87. The van der Waals surface area contributed by atoms with Crippen LogP contribution in [0.4, 0.5) is 10.9 Å². The molecule has 0 aliphatic carbocycles. The number of anilines is 2. The lowest BCUT2D eigenvalue weighted by Crippen LogP contribution is -1.97. The average Bonchev–Trinajstić information content (AvgIpc) is 3.23. The third-order valence-electron chi connectivity index (χ3n) is 4.35. The minimum atomic E-state index is 0.485. The second-order valence-electron chi connectivity index (χ2n) is 6.72. The average molecular weight is 431 g/mol. The van der Waals surface area contributed by atoms with Crippen LogP contribution in [0.5, 0.6) is 11.5 Å². The Morgan fingerprint density at radius 2 is 1.45 bits per heavy atom. The maximum atomic E-state index is 5.87. The summed E-state index contributed by atoms with van der Waals surface area (Å²) >= 11 is 1.41. The minimum absolute atomic E-state index is 0.485. The molecule has 31 heavy (non-hydrogen) atoms. The van der Waals surface area contributed by atoms with Crippen molar-refractivity contribution < 1.29 is 9.47 Å². The molecule has 4 aromatic rings. The van der Waals surface area contributed by atoms with Crippen molar-refractivity contribution in [2.45, 2.75) is 13.2 Å². The van der Waals surface area contributed by atoms with E-state index in [-0.39, 0.29) is 0 Å². The van der Waals surface area contributed by atoms with E-state index in [1.54, 1.807) is 11.6 Å². The number of ether oxygens (including phenoxy) is 2. The molecule has 1 heterocycles. The summed E-state index contributed by atoms with van der Waals surface area (Å²) in [4.78, 5) is 4.08. The van der Waals surface area contributed by atoms with Crippen LogP contribution >= 0.6 is 11.3 Å². The summed E-state index contributed by atoms with van der Waals surface area (Å²) in [6.07, 6.45) is 1.72. The van der Waals surface area contributed by atoms with E-state index in [1.807, 2.05) is 78.9 Å². The van der Waals surface area contributed by atoms with Crippen LogP contribution in [-0.4, -0.2) is 11.2 Å². The van der Waals surface area contributed by atoms with Gasteiger partial charge in [-0.25, -0.2) is 4.98 Å². The van der Waals surface area contributed by atoms with Gasteiger partial charge in [0, 0.05) is 5.38 Å². The maximum Gasteiger partial charge on any atom is 0.205 e. The molecule has 6 nitrogen and oxygen atoms in total. The first kappa shape index (κ1) is 20.4. The van der Waals surface area contributed by atoms with Crippen LogP contribution in [0.25, 0.3) is 0 Å². The predicted octanol–water partition coefficient (Wildman–Crippen LogP) is 5.33. The summed E-state index contributed by atoms with van der Waals surface area (Å²) in [7, 11) is 0. The number of hydrazone groups is 1. The van der Waals surface area contributed by atoms with Gasteiger partial charge in [0.25, 0.3) is 0 Å². The Bertz CT molecular complexity index is 1110. The predicted molar refractivity (Wildman–Crippen MR) is 126 cm³/mol. The van der Waals surface area contributed by atoms with Crippen molar-refractivity contribution in [1.29, 1.82) is 0 Å². The number of nitrogens with one attached hydrogen (secondary N) is 1. The smallest absolute Gasteiger partial charge is 0.205 e. The number of nitrogen functional groups attached to an aromatic ring is 1. The van der Waals surface area contributed by atoms with Gasteiger partial charge in [-0.15, -0.1) is 11.3 Å². The summed E-state index contributed by atoms with van der Waals surface area (Å²) in [6, 6.07) is 25.8. The Labute approximate surface area is 185 Å². The van der Waals surface area contributed by atoms with Gasteiger partial charge in [0.15, 0.2) is 0 Å². The number of hydrogen-bond donors (Lipinski definition) is 2. The van der Waals surface area contributed by atoms with E-state index in [9.17, 15) is 0 Å². The zero-order valence-corrected chi connectivity index (χ0v) is 17.6. The first-order chi connectivity index (χ1) is 15.2. The molecule has 156 valence electrons. The van der Waals surface area contributed by atoms with Crippen molar-refractivity contribution in [1.82, 2.24) is 4.98 Å². The Morgan fingerprint density at radius 1 is 0.839 bits per heavy atom. The number of benzene rings is 3. The fourth-order valence-electron chi connectivity index (χ4n) is 2.74. The van der Waals surface area contributed by atoms with Crippen molar-refractivity contribution in [3.05, 3.63) is 101 Å². The van der Waals surface area contributed by atoms with Crippen LogP contribution in [0, 0.1) is 0 Å². The molecule has 0 saturated carbocycles. The molecular formula is C24H22N4O2S. The van der Waals surface area contributed by atoms with Gasteiger partial charge in [-0.3, -0.25) is 5.43 Å². The van der Waals surface area contributed by atoms with Gasteiger partial charge < -0.3 is 15.2 Å². The topological polar surface area (TPSA) is 81.8 Å². The Morgan fingerprint density at radius 3 is 2.06 bits per heavy atom. The van der Waals surface area contributed by atoms with Crippen molar-refractivity contribution in [2.24, 2.45) is 5.10 Å². The van der Waals surface area contributed by atoms with Crippen molar-refractivity contribution in [3.63, 3.8) is 0 Å². The zero-order valence-electron chi connectivity index (χ0n) is 16.8. The molecule has 1 aromatic heterocycles. The second-order valence-corrected chi connectivity index (χ2v) is 7.58. The molecule has 0 saturated heterocycles. The molecule has 4 rings (SSSR count). The molecule has 0 unspecified atom stereocenters. The quantitative estimate of drug-likeness (QED) is 0.277. The van der Waals surface area contributed by atoms with Crippen molar-refractivity contribution in [2.75, 3.05) is 11.2 Å². The lowest BCUT2D eigenvalue weighted by atomic mass is 10.2. The van der Waals surface area contributed by atoms with E-state index < -0.39 is 0 Å². The van der Waals surface area contributed by atoms with E-state index in [1.165, 1.54) is 11.3 Å². The summed E-state index contributed by atoms with van der Waals surface area (Å²) in [5.74, 6) is 2.12. The molecule has 3 aromatic carbocycles. The summed E-state index contributed by atoms with van der Waals surface area (Å²) < 4.78 is 11.7. The lowest BCUT2D eigenvalue weighted by Gasteiger charge is -2.09. The SMILES string of the molecule is Nc1csc(NN=Cc2ccc(OCc3ccc(OCc4ccccc4)cc3)cc2)n1. The fourth-order valence-corrected chi connectivity index (χ4v) is 3.29. The summed E-state index contributed by atoms with van der Waals surface area (Å²) in [5.41, 5.74) is 11.6. The fraction of sp³-hybridized carbons (Fsp3) is 0.0833. The van der Waals surface area contributed by atoms with E-state index in [4.69, 9.17) is 15.2 Å².